The van der Waals surface area contributed by atoms with E-state index in [4.69, 9.17) is 4.74 Å². The standard InChI is InChI=1S/C25H30F3N3O3/c1-14-8-9-16(12-17(14)13-32)19(24(6,7)22(33)34-23(3,4)5)18-10-11-31-20(15(18)2)29-30-21(31)25(26,27)28/h8-12,19,32H,13H2,1-7H3/t19-/m1/s1. The number of esters is 1. The Morgan fingerprint density at radius 3 is 2.29 bits per heavy atom. The number of rotatable bonds is 5. The highest BCUT2D eigenvalue weighted by Crippen LogP contribution is 2.45. The van der Waals surface area contributed by atoms with Crippen LogP contribution in [-0.4, -0.2) is 31.3 Å². The van der Waals surface area contributed by atoms with E-state index in [1.54, 1.807) is 47.6 Å². The van der Waals surface area contributed by atoms with Crippen molar-refractivity contribution in [2.45, 2.75) is 72.8 Å². The maximum atomic E-state index is 13.4. The molecule has 1 aromatic carbocycles. The van der Waals surface area contributed by atoms with Crippen LogP contribution in [0.4, 0.5) is 13.2 Å². The molecule has 1 atom stereocenters. The number of benzene rings is 1. The summed E-state index contributed by atoms with van der Waals surface area (Å²) in [5.41, 5.74) is 1.64. The molecule has 2 heterocycles. The molecule has 1 N–H and O–H groups in total. The van der Waals surface area contributed by atoms with Crippen molar-refractivity contribution >= 4 is 11.6 Å². The molecule has 184 valence electrons. The first-order chi connectivity index (χ1) is 15.6. The molecule has 0 bridgehead atoms. The zero-order valence-electron chi connectivity index (χ0n) is 20.4. The van der Waals surface area contributed by atoms with Gasteiger partial charge in [0.2, 0.25) is 5.82 Å². The minimum absolute atomic E-state index is 0.0595. The van der Waals surface area contributed by atoms with Gasteiger partial charge in [-0.1, -0.05) is 18.2 Å². The molecule has 0 amide bonds. The molecular formula is C25H30F3N3O3. The number of aliphatic hydroxyl groups is 1. The van der Waals surface area contributed by atoms with E-state index < -0.39 is 34.9 Å². The SMILES string of the molecule is Cc1ccc([C@H](c2ccn3c(C(F)(F)F)nnc3c2C)C(C)(C)C(=O)OC(C)(C)C)cc1CO. The number of carbonyl (C=O) groups is 1. The number of hydrogen-bond acceptors (Lipinski definition) is 5. The molecular weight excluding hydrogens is 447 g/mol. The van der Waals surface area contributed by atoms with Crippen LogP contribution in [0.3, 0.4) is 0 Å². The molecule has 0 saturated heterocycles. The number of nitrogens with zero attached hydrogens (tertiary/aromatic N) is 3. The van der Waals surface area contributed by atoms with E-state index >= 15 is 0 Å². The van der Waals surface area contributed by atoms with Crippen LogP contribution in [0.15, 0.2) is 30.5 Å². The highest BCUT2D eigenvalue weighted by Gasteiger charge is 2.43. The van der Waals surface area contributed by atoms with E-state index in [9.17, 15) is 23.1 Å². The second-order valence-corrected chi connectivity index (χ2v) is 10.1. The van der Waals surface area contributed by atoms with E-state index in [0.29, 0.717) is 16.7 Å². The molecule has 6 nitrogen and oxygen atoms in total. The predicted octanol–water partition coefficient (Wildman–Crippen LogP) is 5.36. The van der Waals surface area contributed by atoms with Gasteiger partial charge < -0.3 is 9.84 Å². The number of halogens is 3. The Balaban J connectivity index is 2.27. The summed E-state index contributed by atoms with van der Waals surface area (Å²) in [4.78, 5) is 13.3. The first kappa shape index (κ1) is 25.7. The van der Waals surface area contributed by atoms with Gasteiger partial charge in [-0.15, -0.1) is 10.2 Å². The highest BCUT2D eigenvalue weighted by molar-refractivity contribution is 5.79. The fraction of sp³-hybridized carbons (Fsp3) is 0.480. The second kappa shape index (κ2) is 8.69. The molecule has 0 unspecified atom stereocenters. The average molecular weight is 478 g/mol. The number of aliphatic hydroxyl groups excluding tert-OH is 1. The number of fused-ring (bicyclic) bond motifs is 1. The average Bonchev–Trinajstić information content (AvgIpc) is 3.15. The molecule has 0 aliphatic heterocycles. The van der Waals surface area contributed by atoms with Gasteiger partial charge in [-0.25, -0.2) is 0 Å². The number of aryl methyl sites for hydroxylation is 2. The lowest BCUT2D eigenvalue weighted by atomic mass is 9.70. The molecule has 0 fully saturated rings. The highest BCUT2D eigenvalue weighted by atomic mass is 19.4. The summed E-state index contributed by atoms with van der Waals surface area (Å²) in [7, 11) is 0. The Labute approximate surface area is 196 Å². The van der Waals surface area contributed by atoms with Gasteiger partial charge in [0.15, 0.2) is 5.65 Å². The summed E-state index contributed by atoms with van der Waals surface area (Å²) in [6.45, 7) is 12.2. The Hall–Kier alpha value is -2.94. The maximum absolute atomic E-state index is 13.4. The molecule has 34 heavy (non-hydrogen) atoms. The fourth-order valence-electron chi connectivity index (χ4n) is 4.16. The van der Waals surface area contributed by atoms with E-state index in [1.165, 1.54) is 6.20 Å². The van der Waals surface area contributed by atoms with Gasteiger partial charge in [-0.2, -0.15) is 13.2 Å². The van der Waals surface area contributed by atoms with E-state index in [2.05, 4.69) is 10.2 Å². The topological polar surface area (TPSA) is 76.7 Å². The fourth-order valence-corrected chi connectivity index (χ4v) is 4.16. The molecule has 0 aliphatic rings. The maximum Gasteiger partial charge on any atom is 0.452 e. The van der Waals surface area contributed by atoms with E-state index in [1.807, 2.05) is 25.1 Å². The van der Waals surface area contributed by atoms with E-state index in [-0.39, 0.29) is 12.3 Å². The normalized spacial score (nSPS) is 13.9. The van der Waals surface area contributed by atoms with Crippen molar-refractivity contribution in [2.24, 2.45) is 5.41 Å². The summed E-state index contributed by atoms with van der Waals surface area (Å²) >= 11 is 0. The number of ether oxygens (including phenoxy) is 1. The molecule has 3 rings (SSSR count). The summed E-state index contributed by atoms with van der Waals surface area (Å²) in [6.07, 6.45) is -3.38. The zero-order chi connectivity index (χ0) is 25.6. The molecule has 9 heteroatoms. The minimum Gasteiger partial charge on any atom is -0.460 e. The Kier molecular flexibility index (Phi) is 6.56. The van der Waals surface area contributed by atoms with Crippen molar-refractivity contribution in [2.75, 3.05) is 0 Å². The molecule has 0 radical (unpaired) electrons. The molecule has 2 aromatic heterocycles. The smallest absolute Gasteiger partial charge is 0.452 e. The van der Waals surface area contributed by atoms with Gasteiger partial charge in [0.05, 0.1) is 12.0 Å². The number of hydrogen-bond donors (Lipinski definition) is 1. The summed E-state index contributed by atoms with van der Waals surface area (Å²) in [5.74, 6) is -2.16. The second-order valence-electron chi connectivity index (χ2n) is 10.1. The van der Waals surface area contributed by atoms with E-state index in [0.717, 1.165) is 15.5 Å². The van der Waals surface area contributed by atoms with Crippen LogP contribution in [0, 0.1) is 19.3 Å². The van der Waals surface area contributed by atoms with Crippen molar-refractivity contribution in [1.82, 2.24) is 14.6 Å². The van der Waals surface area contributed by atoms with Gasteiger partial charge in [-0.3, -0.25) is 9.20 Å². The molecule has 0 saturated carbocycles. The predicted molar refractivity (Wildman–Crippen MR) is 121 cm³/mol. The summed E-state index contributed by atoms with van der Waals surface area (Å²) < 4.78 is 46.7. The molecule has 0 aliphatic carbocycles. The number of alkyl halides is 3. The van der Waals surface area contributed by atoms with Crippen molar-refractivity contribution in [3.63, 3.8) is 0 Å². The third-order valence-electron chi connectivity index (χ3n) is 5.96. The van der Waals surface area contributed by atoms with Crippen LogP contribution >= 0.6 is 0 Å². The summed E-state index contributed by atoms with van der Waals surface area (Å²) in [5, 5.41) is 17.0. The van der Waals surface area contributed by atoms with Crippen LogP contribution in [0.5, 0.6) is 0 Å². The van der Waals surface area contributed by atoms with Gasteiger partial charge >= 0.3 is 12.1 Å². The van der Waals surface area contributed by atoms with Gasteiger partial charge in [0.25, 0.3) is 0 Å². The van der Waals surface area contributed by atoms with Gasteiger partial charge in [0.1, 0.15) is 5.60 Å². The number of pyridine rings is 1. The molecule has 3 aromatic rings. The van der Waals surface area contributed by atoms with Gasteiger partial charge in [0, 0.05) is 12.1 Å². The van der Waals surface area contributed by atoms with Crippen LogP contribution in [0.1, 0.15) is 74.2 Å². The third-order valence-corrected chi connectivity index (χ3v) is 5.96. The monoisotopic (exact) mass is 477 g/mol. The molecule has 0 spiro atoms. The van der Waals surface area contributed by atoms with Crippen LogP contribution in [0.25, 0.3) is 5.65 Å². The lowest BCUT2D eigenvalue weighted by molar-refractivity contribution is -0.166. The lowest BCUT2D eigenvalue weighted by Crippen LogP contribution is -2.38. The van der Waals surface area contributed by atoms with Crippen molar-refractivity contribution < 1.29 is 27.8 Å². The summed E-state index contributed by atoms with van der Waals surface area (Å²) in [6, 6.07) is 7.10. The minimum atomic E-state index is -4.66. The van der Waals surface area contributed by atoms with Crippen LogP contribution in [0.2, 0.25) is 0 Å². The van der Waals surface area contributed by atoms with Gasteiger partial charge in [-0.05, 0) is 82.3 Å². The van der Waals surface area contributed by atoms with Crippen LogP contribution in [-0.2, 0) is 22.3 Å². The zero-order valence-corrected chi connectivity index (χ0v) is 20.4. The Morgan fingerprint density at radius 1 is 1.09 bits per heavy atom. The lowest BCUT2D eigenvalue weighted by Gasteiger charge is -2.36. The van der Waals surface area contributed by atoms with Crippen molar-refractivity contribution in [1.29, 1.82) is 0 Å². The Morgan fingerprint density at radius 2 is 1.74 bits per heavy atom. The van der Waals surface area contributed by atoms with Crippen molar-refractivity contribution in [3.05, 3.63) is 64.1 Å². The number of aromatic nitrogens is 3. The largest absolute Gasteiger partial charge is 0.460 e. The van der Waals surface area contributed by atoms with Crippen LogP contribution < -0.4 is 0 Å². The van der Waals surface area contributed by atoms with Crippen molar-refractivity contribution in [3.8, 4) is 0 Å². The third kappa shape index (κ3) is 4.80. The Bertz CT molecular complexity index is 1220. The quantitative estimate of drug-likeness (QED) is 0.501. The number of carbonyl (C=O) groups excluding carboxylic acids is 1. The first-order valence-electron chi connectivity index (χ1n) is 10.9. The first-order valence-corrected chi connectivity index (χ1v) is 10.9.